The Hall–Kier alpha value is -2.08. The van der Waals surface area contributed by atoms with Crippen LogP contribution in [0.1, 0.15) is 22.4 Å². The highest BCUT2D eigenvalue weighted by molar-refractivity contribution is 7.11. The van der Waals surface area contributed by atoms with Gasteiger partial charge in [-0.25, -0.2) is 9.98 Å². The molecule has 2 aromatic rings. The summed E-state index contributed by atoms with van der Waals surface area (Å²) in [5, 5.41) is 4.50. The number of hydrogen-bond acceptors (Lipinski definition) is 4. The molecule has 0 spiro atoms. The SMILES string of the molecule is CCNC(=NCc1ncc(C)s1)N1CCN(c2cccc(C)c2)CC1. The lowest BCUT2D eigenvalue weighted by molar-refractivity contribution is 0.372. The number of nitrogens with one attached hydrogen (secondary N) is 1. The van der Waals surface area contributed by atoms with Gasteiger partial charge in [0.15, 0.2) is 5.96 Å². The summed E-state index contributed by atoms with van der Waals surface area (Å²) in [6.45, 7) is 11.9. The first-order chi connectivity index (χ1) is 12.2. The Kier molecular flexibility index (Phi) is 5.91. The third-order valence-electron chi connectivity index (χ3n) is 4.31. The van der Waals surface area contributed by atoms with Gasteiger partial charge in [-0.05, 0) is 38.5 Å². The maximum Gasteiger partial charge on any atom is 0.194 e. The van der Waals surface area contributed by atoms with Gasteiger partial charge in [0.25, 0.3) is 0 Å². The first-order valence-corrected chi connectivity index (χ1v) is 9.73. The first kappa shape index (κ1) is 17.7. The van der Waals surface area contributed by atoms with Crippen molar-refractivity contribution in [1.82, 2.24) is 15.2 Å². The van der Waals surface area contributed by atoms with Crippen molar-refractivity contribution in [3.63, 3.8) is 0 Å². The van der Waals surface area contributed by atoms with Gasteiger partial charge in [0.05, 0.1) is 6.54 Å². The molecule has 1 aliphatic heterocycles. The van der Waals surface area contributed by atoms with E-state index in [0.717, 1.165) is 43.7 Å². The fourth-order valence-corrected chi connectivity index (χ4v) is 3.76. The Morgan fingerprint density at radius 1 is 1.24 bits per heavy atom. The molecule has 2 heterocycles. The van der Waals surface area contributed by atoms with Gasteiger partial charge >= 0.3 is 0 Å². The van der Waals surface area contributed by atoms with E-state index in [1.54, 1.807) is 11.3 Å². The van der Waals surface area contributed by atoms with Gasteiger partial charge in [-0.3, -0.25) is 0 Å². The minimum atomic E-state index is 0.652. The van der Waals surface area contributed by atoms with Crippen molar-refractivity contribution in [2.75, 3.05) is 37.6 Å². The largest absolute Gasteiger partial charge is 0.368 e. The summed E-state index contributed by atoms with van der Waals surface area (Å²) in [6, 6.07) is 8.75. The van der Waals surface area contributed by atoms with Gasteiger partial charge in [0.2, 0.25) is 0 Å². The number of rotatable bonds is 4. The molecule has 0 atom stereocenters. The van der Waals surface area contributed by atoms with Crippen LogP contribution in [0.4, 0.5) is 5.69 Å². The van der Waals surface area contributed by atoms with Gasteiger partial charge in [0.1, 0.15) is 5.01 Å². The van der Waals surface area contributed by atoms with Crippen LogP contribution >= 0.6 is 11.3 Å². The lowest BCUT2D eigenvalue weighted by atomic mass is 10.2. The smallest absolute Gasteiger partial charge is 0.194 e. The van der Waals surface area contributed by atoms with E-state index in [1.165, 1.54) is 16.1 Å². The molecular weight excluding hydrogens is 330 g/mol. The standard InChI is InChI=1S/C19H27N5S/c1-4-20-19(22-14-18-21-13-16(3)25-18)24-10-8-23(9-11-24)17-7-5-6-15(2)12-17/h5-7,12-13H,4,8-11,14H2,1-3H3,(H,20,22). The van der Waals surface area contributed by atoms with Crippen molar-refractivity contribution in [2.45, 2.75) is 27.3 Å². The number of piperazine rings is 1. The molecule has 1 aliphatic rings. The van der Waals surface area contributed by atoms with Crippen molar-refractivity contribution in [2.24, 2.45) is 4.99 Å². The highest BCUT2D eigenvalue weighted by Crippen LogP contribution is 2.18. The number of guanidine groups is 1. The predicted octanol–water partition coefficient (Wildman–Crippen LogP) is 3.05. The number of aryl methyl sites for hydroxylation is 2. The number of aromatic nitrogens is 1. The van der Waals surface area contributed by atoms with Crippen LogP contribution in [0.25, 0.3) is 0 Å². The summed E-state index contributed by atoms with van der Waals surface area (Å²) in [5.41, 5.74) is 2.63. The Morgan fingerprint density at radius 3 is 2.68 bits per heavy atom. The Balaban J connectivity index is 1.62. The van der Waals surface area contributed by atoms with Gasteiger partial charge in [-0.1, -0.05) is 12.1 Å². The van der Waals surface area contributed by atoms with E-state index in [0.29, 0.717) is 6.54 Å². The van der Waals surface area contributed by atoms with Crippen LogP contribution in [0.2, 0.25) is 0 Å². The molecule has 1 N–H and O–H groups in total. The molecule has 0 unspecified atom stereocenters. The molecule has 0 aliphatic carbocycles. The number of thiazole rings is 1. The normalized spacial score (nSPS) is 15.6. The minimum absolute atomic E-state index is 0.652. The molecular formula is C19H27N5S. The van der Waals surface area contributed by atoms with Crippen LogP contribution in [0.5, 0.6) is 0 Å². The van der Waals surface area contributed by atoms with Gasteiger partial charge < -0.3 is 15.1 Å². The summed E-state index contributed by atoms with van der Waals surface area (Å²) in [6.07, 6.45) is 1.92. The van der Waals surface area contributed by atoms with Crippen molar-refractivity contribution in [3.05, 3.63) is 45.9 Å². The summed E-state index contributed by atoms with van der Waals surface area (Å²) in [7, 11) is 0. The average molecular weight is 358 g/mol. The minimum Gasteiger partial charge on any atom is -0.368 e. The molecule has 25 heavy (non-hydrogen) atoms. The number of anilines is 1. The molecule has 3 rings (SSSR count). The molecule has 1 aromatic carbocycles. The maximum atomic E-state index is 4.79. The molecule has 1 aromatic heterocycles. The molecule has 134 valence electrons. The highest BCUT2D eigenvalue weighted by atomic mass is 32.1. The van der Waals surface area contributed by atoms with Crippen LogP contribution in [0, 0.1) is 13.8 Å². The second-order valence-electron chi connectivity index (χ2n) is 6.35. The summed E-state index contributed by atoms with van der Waals surface area (Å²) in [4.78, 5) is 15.3. The van der Waals surface area contributed by atoms with Crippen molar-refractivity contribution in [1.29, 1.82) is 0 Å². The zero-order chi connectivity index (χ0) is 17.6. The number of benzene rings is 1. The van der Waals surface area contributed by atoms with E-state index < -0.39 is 0 Å². The molecule has 5 nitrogen and oxygen atoms in total. The zero-order valence-electron chi connectivity index (χ0n) is 15.3. The predicted molar refractivity (Wildman–Crippen MR) is 107 cm³/mol. The Morgan fingerprint density at radius 2 is 2.04 bits per heavy atom. The quantitative estimate of drug-likeness (QED) is 0.675. The maximum absolute atomic E-state index is 4.79. The van der Waals surface area contributed by atoms with Gasteiger partial charge in [-0.15, -0.1) is 11.3 Å². The Labute approximate surface area is 154 Å². The third kappa shape index (κ3) is 4.72. The van der Waals surface area contributed by atoms with Gasteiger partial charge in [-0.2, -0.15) is 0 Å². The zero-order valence-corrected chi connectivity index (χ0v) is 16.1. The van der Waals surface area contributed by atoms with Crippen molar-refractivity contribution in [3.8, 4) is 0 Å². The lowest BCUT2D eigenvalue weighted by Crippen LogP contribution is -2.52. The fraction of sp³-hybridized carbons (Fsp3) is 0.474. The molecule has 0 amide bonds. The Bertz CT molecular complexity index is 716. The highest BCUT2D eigenvalue weighted by Gasteiger charge is 2.20. The van der Waals surface area contributed by atoms with Crippen LogP contribution in [0.3, 0.4) is 0 Å². The van der Waals surface area contributed by atoms with Crippen LogP contribution < -0.4 is 10.2 Å². The van der Waals surface area contributed by atoms with E-state index in [1.807, 2.05) is 6.20 Å². The van der Waals surface area contributed by atoms with Crippen LogP contribution in [-0.2, 0) is 6.54 Å². The second kappa shape index (κ2) is 8.34. The topological polar surface area (TPSA) is 43.8 Å². The van der Waals surface area contributed by atoms with Crippen molar-refractivity contribution >= 4 is 23.0 Å². The van der Waals surface area contributed by atoms with E-state index in [4.69, 9.17) is 4.99 Å². The number of aliphatic imine (C=N–C) groups is 1. The first-order valence-electron chi connectivity index (χ1n) is 8.92. The number of hydrogen-bond donors (Lipinski definition) is 1. The molecule has 1 fully saturated rings. The van der Waals surface area contributed by atoms with Crippen molar-refractivity contribution < 1.29 is 0 Å². The van der Waals surface area contributed by atoms with E-state index in [2.05, 4.69) is 65.1 Å². The summed E-state index contributed by atoms with van der Waals surface area (Å²) in [5.74, 6) is 0.999. The fourth-order valence-electron chi connectivity index (χ4n) is 3.04. The van der Waals surface area contributed by atoms with E-state index >= 15 is 0 Å². The van der Waals surface area contributed by atoms with E-state index in [-0.39, 0.29) is 0 Å². The lowest BCUT2D eigenvalue weighted by Gasteiger charge is -2.37. The summed E-state index contributed by atoms with van der Waals surface area (Å²) < 4.78 is 0. The van der Waals surface area contributed by atoms with Gasteiger partial charge in [0, 0.05) is 49.5 Å². The molecule has 1 saturated heterocycles. The van der Waals surface area contributed by atoms with Crippen LogP contribution in [0.15, 0.2) is 35.5 Å². The van der Waals surface area contributed by atoms with Crippen LogP contribution in [-0.4, -0.2) is 48.6 Å². The number of nitrogens with zero attached hydrogens (tertiary/aromatic N) is 4. The molecule has 0 radical (unpaired) electrons. The third-order valence-corrected chi connectivity index (χ3v) is 5.21. The summed E-state index contributed by atoms with van der Waals surface area (Å²) >= 11 is 1.72. The molecule has 0 bridgehead atoms. The molecule has 0 saturated carbocycles. The average Bonchev–Trinajstić information content (AvgIpc) is 3.04. The second-order valence-corrected chi connectivity index (χ2v) is 7.67. The monoisotopic (exact) mass is 357 g/mol. The van der Waals surface area contributed by atoms with E-state index in [9.17, 15) is 0 Å². The molecule has 6 heteroatoms.